The molecule has 0 fully saturated rings. The number of pyridine rings is 2. The third-order valence-electron chi connectivity index (χ3n) is 7.30. The van der Waals surface area contributed by atoms with Crippen LogP contribution >= 0.6 is 15.2 Å². The summed E-state index contributed by atoms with van der Waals surface area (Å²) in [5.41, 5.74) is 5.57. The number of aliphatic hydroxyl groups is 1. The Morgan fingerprint density at radius 2 is 1.77 bits per heavy atom. The molecule has 1 aromatic carbocycles. The number of carbonyl (C=O) groups excluding carboxylic acids is 1. The number of urea groups is 1. The second kappa shape index (κ2) is 12.7. The van der Waals surface area contributed by atoms with Crippen LogP contribution in [-0.4, -0.2) is 75.2 Å². The minimum Gasteiger partial charge on any atom is -0.492 e. The van der Waals surface area contributed by atoms with Gasteiger partial charge in [-0.3, -0.25) is 23.8 Å². The molecule has 0 unspecified atom stereocenters. The van der Waals surface area contributed by atoms with E-state index in [0.717, 1.165) is 52.8 Å². The van der Waals surface area contributed by atoms with Crippen LogP contribution in [0.1, 0.15) is 25.0 Å². The summed E-state index contributed by atoms with van der Waals surface area (Å²) in [5, 5.41) is 17.1. The van der Waals surface area contributed by atoms with Crippen molar-refractivity contribution in [2.75, 3.05) is 19.7 Å². The van der Waals surface area contributed by atoms with Gasteiger partial charge in [-0.05, 0) is 55.2 Å². The predicted molar refractivity (Wildman–Crippen MR) is 160 cm³/mol. The molecule has 1 aliphatic heterocycles. The third kappa shape index (κ3) is 6.54. The lowest BCUT2D eigenvalue weighted by Gasteiger charge is -2.29. The SMILES string of the molecule is O=C(NCCCC(O)(P(=O)(O)O)P(=O)(O)O)NCCOc1ccc2c(-c3c(-c4ccccn4)nn4c3CCC4)ccnc2c1. The Labute approximate surface area is 251 Å². The molecule has 4 heterocycles. The Balaban J connectivity index is 1.18. The van der Waals surface area contributed by atoms with E-state index in [4.69, 9.17) is 29.4 Å². The zero-order valence-electron chi connectivity index (χ0n) is 23.4. The average molecular weight is 647 g/mol. The molecule has 0 aliphatic carbocycles. The van der Waals surface area contributed by atoms with Gasteiger partial charge in [0, 0.05) is 54.6 Å². The summed E-state index contributed by atoms with van der Waals surface area (Å²) in [5.74, 6) is 0.545. The molecule has 3 aromatic heterocycles. The molecular formula is C27H32N6O9P2. The Kier molecular flexibility index (Phi) is 9.19. The van der Waals surface area contributed by atoms with E-state index in [-0.39, 0.29) is 26.1 Å². The summed E-state index contributed by atoms with van der Waals surface area (Å²) in [6, 6.07) is 12.7. The molecule has 0 saturated carbocycles. The van der Waals surface area contributed by atoms with Gasteiger partial charge in [-0.1, -0.05) is 6.07 Å². The monoisotopic (exact) mass is 646 g/mol. The van der Waals surface area contributed by atoms with Gasteiger partial charge in [-0.25, -0.2) is 4.79 Å². The lowest BCUT2D eigenvalue weighted by Crippen LogP contribution is -2.38. The molecule has 2 amide bonds. The highest BCUT2D eigenvalue weighted by Gasteiger charge is 2.58. The number of hydrogen-bond acceptors (Lipinski definition) is 8. The molecule has 0 radical (unpaired) electrons. The second-order valence-electron chi connectivity index (χ2n) is 10.2. The maximum atomic E-state index is 12.0. The molecular weight excluding hydrogens is 614 g/mol. The number of fused-ring (bicyclic) bond motifs is 2. The van der Waals surface area contributed by atoms with Crippen LogP contribution in [0.25, 0.3) is 33.4 Å². The fourth-order valence-electron chi connectivity index (χ4n) is 5.12. The van der Waals surface area contributed by atoms with Crippen molar-refractivity contribution in [1.29, 1.82) is 0 Å². The van der Waals surface area contributed by atoms with Crippen LogP contribution < -0.4 is 15.4 Å². The first-order chi connectivity index (χ1) is 20.9. The zero-order chi connectivity index (χ0) is 31.5. The average Bonchev–Trinajstić information content (AvgIpc) is 3.58. The normalized spacial score (nSPS) is 13.6. The predicted octanol–water partition coefficient (Wildman–Crippen LogP) is 2.57. The highest BCUT2D eigenvalue weighted by molar-refractivity contribution is 7.72. The largest absolute Gasteiger partial charge is 0.492 e. The van der Waals surface area contributed by atoms with E-state index >= 15 is 0 Å². The van der Waals surface area contributed by atoms with E-state index in [0.29, 0.717) is 5.75 Å². The number of amides is 2. The highest BCUT2D eigenvalue weighted by atomic mass is 31.2. The first-order valence-electron chi connectivity index (χ1n) is 13.8. The first kappa shape index (κ1) is 31.7. The molecule has 1 aliphatic rings. The molecule has 0 atom stereocenters. The van der Waals surface area contributed by atoms with Gasteiger partial charge in [-0.15, -0.1) is 0 Å². The van der Waals surface area contributed by atoms with Gasteiger partial charge in [-0.2, -0.15) is 5.10 Å². The minimum atomic E-state index is -5.54. The van der Waals surface area contributed by atoms with Crippen molar-refractivity contribution >= 4 is 32.1 Å². The van der Waals surface area contributed by atoms with Crippen LogP contribution in [-0.2, 0) is 22.1 Å². The Hall–Kier alpha value is -3.68. The molecule has 17 heteroatoms. The topological polar surface area (TPSA) is 229 Å². The number of benzene rings is 1. The van der Waals surface area contributed by atoms with Gasteiger partial charge in [0.05, 0.1) is 17.8 Å². The standard InChI is InChI=1S/C27H32N6O9P2/c34-26(30-12-4-10-27(35,43(36,37)38)44(39,40)41)31-14-16-42-18-7-8-19-20(9-13-29-22(19)17-18)24-23-6-3-15-33(23)32-25(24)21-5-1-2-11-28-21/h1-2,5,7-9,11,13,17,35H,3-4,6,10,12,14-16H2,(H2,30,31,34)(H2,36,37,38)(H2,39,40,41). The fraction of sp³-hybridized carbons (Fsp3) is 0.333. The minimum absolute atomic E-state index is 0.113. The lowest BCUT2D eigenvalue weighted by molar-refractivity contribution is 0.121. The van der Waals surface area contributed by atoms with Gasteiger partial charge in [0.1, 0.15) is 18.1 Å². The van der Waals surface area contributed by atoms with Gasteiger partial charge < -0.3 is 40.1 Å². The Bertz CT molecular complexity index is 1730. The van der Waals surface area contributed by atoms with E-state index in [1.807, 2.05) is 42.5 Å². The van der Waals surface area contributed by atoms with Gasteiger partial charge in [0.2, 0.25) is 0 Å². The van der Waals surface area contributed by atoms with E-state index in [1.165, 1.54) is 5.69 Å². The van der Waals surface area contributed by atoms with E-state index in [2.05, 4.69) is 25.3 Å². The van der Waals surface area contributed by atoms with Crippen molar-refractivity contribution in [2.45, 2.75) is 37.3 Å². The molecule has 234 valence electrons. The highest BCUT2D eigenvalue weighted by Crippen LogP contribution is 2.69. The second-order valence-corrected chi connectivity index (χ2v) is 14.3. The summed E-state index contributed by atoms with van der Waals surface area (Å²) in [4.78, 5) is 57.8. The van der Waals surface area contributed by atoms with Crippen molar-refractivity contribution in [3.05, 3.63) is 60.6 Å². The molecule has 15 nitrogen and oxygen atoms in total. The van der Waals surface area contributed by atoms with Crippen LogP contribution in [0.2, 0.25) is 0 Å². The summed E-state index contributed by atoms with van der Waals surface area (Å²) in [6.45, 7) is 0.896. The van der Waals surface area contributed by atoms with Gasteiger partial charge in [0.25, 0.3) is 5.08 Å². The number of aryl methyl sites for hydroxylation is 1. The molecule has 0 bridgehead atoms. The molecule has 4 aromatic rings. The maximum Gasteiger partial charge on any atom is 0.369 e. The molecule has 0 spiro atoms. The van der Waals surface area contributed by atoms with Crippen LogP contribution in [0.4, 0.5) is 4.79 Å². The summed E-state index contributed by atoms with van der Waals surface area (Å²) in [7, 11) is -11.1. The number of hydrogen-bond donors (Lipinski definition) is 7. The van der Waals surface area contributed by atoms with Crippen LogP contribution in [0.15, 0.2) is 54.9 Å². The third-order valence-corrected chi connectivity index (χ3v) is 11.2. The number of rotatable bonds is 12. The quantitative estimate of drug-likeness (QED) is 0.0870. The van der Waals surface area contributed by atoms with Crippen LogP contribution in [0, 0.1) is 0 Å². The number of ether oxygens (including phenoxy) is 1. The first-order valence-corrected chi connectivity index (χ1v) is 17.0. The Morgan fingerprint density at radius 1 is 1.00 bits per heavy atom. The Morgan fingerprint density at radius 3 is 2.50 bits per heavy atom. The smallest absolute Gasteiger partial charge is 0.369 e. The van der Waals surface area contributed by atoms with Gasteiger partial charge in [0.15, 0.2) is 0 Å². The fourth-order valence-corrected chi connectivity index (χ4v) is 7.37. The van der Waals surface area contributed by atoms with E-state index < -0.39 is 32.7 Å². The van der Waals surface area contributed by atoms with Crippen LogP contribution in [0.5, 0.6) is 5.75 Å². The van der Waals surface area contributed by atoms with Crippen LogP contribution in [0.3, 0.4) is 0 Å². The number of nitrogens with one attached hydrogen (secondary N) is 2. The summed E-state index contributed by atoms with van der Waals surface area (Å²) >= 11 is 0. The van der Waals surface area contributed by atoms with Crippen molar-refractivity contribution < 1.29 is 43.3 Å². The lowest BCUT2D eigenvalue weighted by atomic mass is 9.96. The van der Waals surface area contributed by atoms with Crippen molar-refractivity contribution in [1.82, 2.24) is 30.4 Å². The van der Waals surface area contributed by atoms with E-state index in [1.54, 1.807) is 12.4 Å². The number of aromatic nitrogens is 4. The van der Waals surface area contributed by atoms with Crippen molar-refractivity contribution in [3.63, 3.8) is 0 Å². The number of nitrogens with zero attached hydrogens (tertiary/aromatic N) is 4. The van der Waals surface area contributed by atoms with Gasteiger partial charge >= 0.3 is 21.2 Å². The number of carbonyl (C=O) groups is 1. The molecule has 5 rings (SSSR count). The van der Waals surface area contributed by atoms with E-state index in [9.17, 15) is 19.0 Å². The summed E-state index contributed by atoms with van der Waals surface area (Å²) in [6.07, 6.45) is 4.23. The molecule has 44 heavy (non-hydrogen) atoms. The molecule has 0 saturated heterocycles. The zero-order valence-corrected chi connectivity index (χ0v) is 25.2. The maximum absolute atomic E-state index is 12.0. The van der Waals surface area contributed by atoms with Crippen molar-refractivity contribution in [3.8, 4) is 28.3 Å². The molecule has 7 N–H and O–H groups in total. The van der Waals surface area contributed by atoms with Crippen molar-refractivity contribution in [2.24, 2.45) is 0 Å². The summed E-state index contributed by atoms with van der Waals surface area (Å²) < 4.78 is 30.6.